The Hall–Kier alpha value is -2.07. The van der Waals surface area contributed by atoms with Crippen LogP contribution in [0.1, 0.15) is 40.0 Å². The number of benzene rings is 1. The lowest BCUT2D eigenvalue weighted by molar-refractivity contribution is 0.0857. The van der Waals surface area contributed by atoms with Gasteiger partial charge in [0.1, 0.15) is 0 Å². The average Bonchev–Trinajstić information content (AvgIpc) is 3.17. The van der Waals surface area contributed by atoms with Crippen LogP contribution >= 0.6 is 0 Å². The van der Waals surface area contributed by atoms with Crippen molar-refractivity contribution in [1.82, 2.24) is 10.3 Å². The number of aromatic nitrogens is 1. The van der Waals surface area contributed by atoms with E-state index in [1.54, 1.807) is 0 Å². The molecule has 1 atom stereocenters. The van der Waals surface area contributed by atoms with Crippen LogP contribution in [0.15, 0.2) is 24.3 Å². The minimum Gasteiger partial charge on any atom is -0.376 e. The summed E-state index contributed by atoms with van der Waals surface area (Å²) in [6, 6.07) is 8.28. The van der Waals surface area contributed by atoms with Crippen molar-refractivity contribution in [3.05, 3.63) is 46.6 Å². The number of H-pyrrole nitrogens is 1. The van der Waals surface area contributed by atoms with Gasteiger partial charge in [0, 0.05) is 24.5 Å². The number of hydrogen-bond donors (Lipinski definition) is 2. The Morgan fingerprint density at radius 2 is 2.09 bits per heavy atom. The molecule has 4 heteroatoms. The highest BCUT2D eigenvalue weighted by atomic mass is 16.5. The summed E-state index contributed by atoms with van der Waals surface area (Å²) in [5.41, 5.74) is 6.20. The molecule has 0 aliphatic carbocycles. The first kappa shape index (κ1) is 15.8. The maximum atomic E-state index is 12.4. The molecule has 1 aliphatic heterocycles. The molecule has 0 radical (unpaired) electrons. The molecule has 23 heavy (non-hydrogen) atoms. The van der Waals surface area contributed by atoms with E-state index in [9.17, 15) is 4.79 Å². The van der Waals surface area contributed by atoms with Crippen LogP contribution in [0.2, 0.25) is 0 Å². The zero-order chi connectivity index (χ0) is 16.4. The molecule has 1 saturated heterocycles. The number of aromatic amines is 1. The Morgan fingerprint density at radius 1 is 1.26 bits per heavy atom. The second kappa shape index (κ2) is 6.59. The first-order chi connectivity index (χ1) is 11.0. The van der Waals surface area contributed by atoms with Crippen molar-refractivity contribution in [1.29, 1.82) is 0 Å². The largest absolute Gasteiger partial charge is 0.376 e. The van der Waals surface area contributed by atoms with E-state index >= 15 is 0 Å². The molecule has 122 valence electrons. The molecule has 0 saturated carbocycles. The van der Waals surface area contributed by atoms with Crippen LogP contribution in [0, 0.1) is 20.8 Å². The van der Waals surface area contributed by atoms with Crippen molar-refractivity contribution in [2.24, 2.45) is 0 Å². The second-order valence-electron chi connectivity index (χ2n) is 6.37. The molecule has 3 rings (SSSR count). The minimum absolute atomic E-state index is 0.0377. The Morgan fingerprint density at radius 3 is 2.78 bits per heavy atom. The normalized spacial score (nSPS) is 17.4. The summed E-state index contributed by atoms with van der Waals surface area (Å²) in [5.74, 6) is -0.0377. The van der Waals surface area contributed by atoms with E-state index in [-0.39, 0.29) is 12.0 Å². The molecule has 2 N–H and O–H groups in total. The molecule has 1 aromatic carbocycles. The quantitative estimate of drug-likeness (QED) is 0.907. The maximum Gasteiger partial charge on any atom is 0.253 e. The summed E-state index contributed by atoms with van der Waals surface area (Å²) in [6.45, 7) is 7.53. The van der Waals surface area contributed by atoms with Crippen molar-refractivity contribution >= 4 is 5.91 Å². The van der Waals surface area contributed by atoms with Gasteiger partial charge in [0.25, 0.3) is 5.91 Å². The Labute approximate surface area is 137 Å². The Bertz CT molecular complexity index is 712. The van der Waals surface area contributed by atoms with Crippen molar-refractivity contribution in [3.63, 3.8) is 0 Å². The van der Waals surface area contributed by atoms with Crippen molar-refractivity contribution in [2.75, 3.05) is 13.2 Å². The molecule has 1 aliphatic rings. The monoisotopic (exact) mass is 312 g/mol. The van der Waals surface area contributed by atoms with Gasteiger partial charge in [-0.15, -0.1) is 0 Å². The molecule has 1 fully saturated rings. The highest BCUT2D eigenvalue weighted by Crippen LogP contribution is 2.24. The predicted octanol–water partition coefficient (Wildman–Crippen LogP) is 3.52. The number of carbonyl (C=O) groups excluding carboxylic acids is 1. The van der Waals surface area contributed by atoms with Gasteiger partial charge >= 0.3 is 0 Å². The molecule has 1 amide bonds. The lowest BCUT2D eigenvalue weighted by Gasteiger charge is -2.10. The zero-order valence-electron chi connectivity index (χ0n) is 14.0. The van der Waals surface area contributed by atoms with Crippen LogP contribution in [0.25, 0.3) is 11.3 Å². The van der Waals surface area contributed by atoms with E-state index in [1.165, 1.54) is 11.1 Å². The van der Waals surface area contributed by atoms with Crippen molar-refractivity contribution < 1.29 is 9.53 Å². The smallest absolute Gasteiger partial charge is 0.253 e. The molecule has 2 heterocycles. The van der Waals surface area contributed by atoms with Gasteiger partial charge in [-0.3, -0.25) is 4.79 Å². The first-order valence-electron chi connectivity index (χ1n) is 8.21. The van der Waals surface area contributed by atoms with E-state index in [1.807, 2.05) is 13.0 Å². The molecule has 0 bridgehead atoms. The first-order valence-corrected chi connectivity index (χ1v) is 8.21. The number of rotatable bonds is 4. The molecule has 1 unspecified atom stereocenters. The summed E-state index contributed by atoms with van der Waals surface area (Å²) < 4.78 is 5.55. The summed E-state index contributed by atoms with van der Waals surface area (Å²) in [7, 11) is 0. The van der Waals surface area contributed by atoms with Gasteiger partial charge in [-0.1, -0.05) is 12.1 Å². The van der Waals surface area contributed by atoms with Gasteiger partial charge in [0.15, 0.2) is 0 Å². The van der Waals surface area contributed by atoms with E-state index in [0.29, 0.717) is 12.1 Å². The molecule has 2 aromatic rings. The van der Waals surface area contributed by atoms with Gasteiger partial charge in [-0.2, -0.15) is 0 Å². The van der Waals surface area contributed by atoms with Crippen molar-refractivity contribution in [3.8, 4) is 11.3 Å². The van der Waals surface area contributed by atoms with Crippen LogP contribution in [0.3, 0.4) is 0 Å². The second-order valence-corrected chi connectivity index (χ2v) is 6.37. The standard InChI is InChI=1S/C19H24N2O2/c1-12-6-7-15(9-13(12)2)18-10-17(14(3)21-18)19(22)20-11-16-5-4-8-23-16/h6-7,9-10,16,21H,4-5,8,11H2,1-3H3,(H,20,22). The van der Waals surface area contributed by atoms with Gasteiger partial charge < -0.3 is 15.0 Å². The lowest BCUT2D eigenvalue weighted by atomic mass is 10.0. The number of aryl methyl sites for hydroxylation is 3. The molecule has 0 spiro atoms. The summed E-state index contributed by atoms with van der Waals surface area (Å²) in [4.78, 5) is 15.7. The third kappa shape index (κ3) is 3.48. The number of nitrogens with one attached hydrogen (secondary N) is 2. The maximum absolute atomic E-state index is 12.4. The highest BCUT2D eigenvalue weighted by Gasteiger charge is 2.18. The zero-order valence-corrected chi connectivity index (χ0v) is 14.0. The average molecular weight is 312 g/mol. The van der Waals surface area contributed by atoms with E-state index in [2.05, 4.69) is 42.3 Å². The number of hydrogen-bond acceptors (Lipinski definition) is 2. The van der Waals surface area contributed by atoms with E-state index in [0.717, 1.165) is 36.4 Å². The van der Waals surface area contributed by atoms with Crippen LogP contribution < -0.4 is 5.32 Å². The molecule has 4 nitrogen and oxygen atoms in total. The fourth-order valence-corrected chi connectivity index (χ4v) is 2.97. The van der Waals surface area contributed by atoms with Crippen molar-refractivity contribution in [2.45, 2.75) is 39.7 Å². The van der Waals surface area contributed by atoms with Gasteiger partial charge in [0.2, 0.25) is 0 Å². The Balaban J connectivity index is 1.74. The van der Waals surface area contributed by atoms with Crippen LogP contribution in [-0.2, 0) is 4.74 Å². The van der Waals surface area contributed by atoms with Crippen LogP contribution in [-0.4, -0.2) is 30.1 Å². The topological polar surface area (TPSA) is 54.1 Å². The number of ether oxygens (including phenoxy) is 1. The van der Waals surface area contributed by atoms with Gasteiger partial charge in [-0.05, 0) is 62.4 Å². The fraction of sp³-hybridized carbons (Fsp3) is 0.421. The molecular formula is C19H24N2O2. The summed E-state index contributed by atoms with van der Waals surface area (Å²) in [5, 5.41) is 2.98. The van der Waals surface area contributed by atoms with Gasteiger partial charge in [0.05, 0.1) is 11.7 Å². The SMILES string of the molecule is Cc1ccc(-c2cc(C(=O)NCC3CCCO3)c(C)[nH]2)cc1C. The van der Waals surface area contributed by atoms with E-state index in [4.69, 9.17) is 4.74 Å². The third-order valence-corrected chi connectivity index (χ3v) is 4.59. The number of amides is 1. The van der Waals surface area contributed by atoms with Crippen LogP contribution in [0.5, 0.6) is 0 Å². The summed E-state index contributed by atoms with van der Waals surface area (Å²) in [6.07, 6.45) is 2.28. The number of carbonyl (C=O) groups is 1. The van der Waals surface area contributed by atoms with E-state index < -0.39 is 0 Å². The minimum atomic E-state index is -0.0377. The highest BCUT2D eigenvalue weighted by molar-refractivity contribution is 5.96. The fourth-order valence-electron chi connectivity index (χ4n) is 2.97. The van der Waals surface area contributed by atoms with Crippen LogP contribution in [0.4, 0.5) is 0 Å². The third-order valence-electron chi connectivity index (χ3n) is 4.59. The summed E-state index contributed by atoms with van der Waals surface area (Å²) >= 11 is 0. The predicted molar refractivity (Wildman–Crippen MR) is 91.7 cm³/mol. The Kier molecular flexibility index (Phi) is 4.53. The molecule has 1 aromatic heterocycles. The molecular weight excluding hydrogens is 288 g/mol. The lowest BCUT2D eigenvalue weighted by Crippen LogP contribution is -2.31. The van der Waals surface area contributed by atoms with Gasteiger partial charge in [-0.25, -0.2) is 0 Å².